The van der Waals surface area contributed by atoms with Gasteiger partial charge in [0.2, 0.25) is 0 Å². The van der Waals surface area contributed by atoms with E-state index in [0.717, 1.165) is 23.5 Å². The first-order chi connectivity index (χ1) is 17.4. The van der Waals surface area contributed by atoms with Crippen molar-refractivity contribution in [2.24, 2.45) is 17.8 Å². The summed E-state index contributed by atoms with van der Waals surface area (Å²) in [6.45, 7) is 0. The zero-order chi connectivity index (χ0) is 24.9. The number of carboxylic acids is 2. The Kier molecular flexibility index (Phi) is 5.47. The minimum absolute atomic E-state index is 0.104. The van der Waals surface area contributed by atoms with Gasteiger partial charge in [0.05, 0.1) is 11.1 Å². The molecule has 0 atom stereocenters. The highest BCUT2D eigenvalue weighted by molar-refractivity contribution is 5.88. The molecule has 3 aromatic rings. The molecule has 0 amide bonds. The molecular formula is C30H28O6. The molecule has 4 aliphatic rings. The summed E-state index contributed by atoms with van der Waals surface area (Å²) in [5.74, 6) is 2.84. The van der Waals surface area contributed by atoms with Crippen LogP contribution in [-0.2, 0) is 5.41 Å². The summed E-state index contributed by atoms with van der Waals surface area (Å²) < 4.78 is 12.5. The molecule has 4 aliphatic carbocycles. The second-order valence-electron chi connectivity index (χ2n) is 10.7. The summed E-state index contributed by atoms with van der Waals surface area (Å²) >= 11 is 0. The fourth-order valence-corrected chi connectivity index (χ4v) is 7.12. The van der Waals surface area contributed by atoms with Gasteiger partial charge >= 0.3 is 11.9 Å². The number of hydrogen-bond acceptors (Lipinski definition) is 4. The predicted octanol–water partition coefficient (Wildman–Crippen LogP) is 7.14. The van der Waals surface area contributed by atoms with Gasteiger partial charge in [-0.05, 0) is 116 Å². The Morgan fingerprint density at radius 3 is 1.56 bits per heavy atom. The number of ether oxygens (including phenoxy) is 2. The minimum atomic E-state index is -0.980. The van der Waals surface area contributed by atoms with E-state index in [9.17, 15) is 14.7 Å². The highest BCUT2D eigenvalue weighted by atomic mass is 16.5. The van der Waals surface area contributed by atoms with Crippen molar-refractivity contribution in [2.45, 2.75) is 43.9 Å². The molecular weight excluding hydrogens is 456 g/mol. The van der Waals surface area contributed by atoms with Crippen LogP contribution < -0.4 is 9.47 Å². The van der Waals surface area contributed by atoms with E-state index in [1.165, 1.54) is 56.2 Å². The van der Waals surface area contributed by atoms with Crippen molar-refractivity contribution in [2.75, 3.05) is 0 Å². The molecule has 3 aromatic carbocycles. The molecule has 0 aliphatic heterocycles. The van der Waals surface area contributed by atoms with Gasteiger partial charge in [-0.1, -0.05) is 6.07 Å². The number of hydrogen-bond donors (Lipinski definition) is 2. The standard InChI is InChI=1S/C30H28O6/c31-28(32)21-1-5-23(6-2-21)35-25-9-10-26(30-15-18-11-19(16-30)13-20(12-18)17-30)27(14-25)36-24-7-3-22(4-8-24)29(33)34/h1-10,14,18-20H,11-13,15-17H2,(H,31,32)(H,33,34). The van der Waals surface area contributed by atoms with Gasteiger partial charge in [-0.15, -0.1) is 0 Å². The van der Waals surface area contributed by atoms with Crippen molar-refractivity contribution in [1.29, 1.82) is 0 Å². The molecule has 4 bridgehead atoms. The van der Waals surface area contributed by atoms with Gasteiger partial charge in [-0.25, -0.2) is 9.59 Å². The number of carbonyl (C=O) groups is 2. The third-order valence-corrected chi connectivity index (χ3v) is 8.23. The molecule has 4 saturated carbocycles. The molecule has 7 rings (SSSR count). The molecule has 6 nitrogen and oxygen atoms in total. The van der Waals surface area contributed by atoms with Gasteiger partial charge in [0, 0.05) is 11.6 Å². The maximum Gasteiger partial charge on any atom is 0.335 e. The smallest absolute Gasteiger partial charge is 0.335 e. The fraction of sp³-hybridized carbons (Fsp3) is 0.333. The van der Waals surface area contributed by atoms with Crippen LogP contribution in [0.15, 0.2) is 66.7 Å². The SMILES string of the molecule is O=C(O)c1ccc(Oc2ccc(C34CC5CC(CC(C5)C3)C4)c(Oc3ccc(C(=O)O)cc3)c2)cc1. The van der Waals surface area contributed by atoms with Crippen LogP contribution in [0.25, 0.3) is 0 Å². The second kappa shape index (κ2) is 8.70. The van der Waals surface area contributed by atoms with Crippen molar-refractivity contribution in [3.63, 3.8) is 0 Å². The fourth-order valence-electron chi connectivity index (χ4n) is 7.12. The van der Waals surface area contributed by atoms with E-state index >= 15 is 0 Å². The molecule has 0 heterocycles. The van der Waals surface area contributed by atoms with Gasteiger partial charge < -0.3 is 19.7 Å². The summed E-state index contributed by atoms with van der Waals surface area (Å²) in [6, 6.07) is 18.8. The van der Waals surface area contributed by atoms with Crippen molar-refractivity contribution >= 4 is 11.9 Å². The highest BCUT2D eigenvalue weighted by Crippen LogP contribution is 2.62. The van der Waals surface area contributed by atoms with Crippen molar-refractivity contribution in [3.8, 4) is 23.0 Å². The lowest BCUT2D eigenvalue weighted by Crippen LogP contribution is -2.48. The summed E-state index contributed by atoms with van der Waals surface area (Å²) in [5.41, 5.74) is 1.73. The zero-order valence-electron chi connectivity index (χ0n) is 19.9. The average molecular weight is 485 g/mol. The van der Waals surface area contributed by atoms with Crippen LogP contribution in [-0.4, -0.2) is 22.2 Å². The quantitative estimate of drug-likeness (QED) is 0.370. The molecule has 6 heteroatoms. The second-order valence-corrected chi connectivity index (χ2v) is 10.7. The van der Waals surface area contributed by atoms with Crippen LogP contribution in [0.1, 0.15) is 64.8 Å². The number of rotatable bonds is 7. The number of aromatic carboxylic acids is 2. The summed E-state index contributed by atoms with van der Waals surface area (Å²) in [6.07, 6.45) is 7.59. The van der Waals surface area contributed by atoms with Gasteiger partial charge in [0.1, 0.15) is 23.0 Å². The topological polar surface area (TPSA) is 93.1 Å². The predicted molar refractivity (Wildman–Crippen MR) is 133 cm³/mol. The summed E-state index contributed by atoms with van der Waals surface area (Å²) in [5, 5.41) is 18.4. The Labute approximate surface area is 209 Å². The van der Waals surface area contributed by atoms with Gasteiger partial charge in [0.25, 0.3) is 0 Å². The van der Waals surface area contributed by atoms with Crippen LogP contribution in [0, 0.1) is 17.8 Å². The Hall–Kier alpha value is -3.80. The van der Waals surface area contributed by atoms with Crippen LogP contribution in [0.4, 0.5) is 0 Å². The van der Waals surface area contributed by atoms with Crippen LogP contribution in [0.2, 0.25) is 0 Å². The van der Waals surface area contributed by atoms with Gasteiger partial charge in [0.15, 0.2) is 0 Å². The molecule has 36 heavy (non-hydrogen) atoms. The Morgan fingerprint density at radius 1 is 0.639 bits per heavy atom. The third kappa shape index (κ3) is 4.21. The maximum absolute atomic E-state index is 11.3. The Morgan fingerprint density at radius 2 is 1.08 bits per heavy atom. The Bertz CT molecular complexity index is 1270. The molecule has 0 saturated heterocycles. The molecule has 0 radical (unpaired) electrons. The molecule has 4 fully saturated rings. The number of carboxylic acid groups (broad SMARTS) is 2. The van der Waals surface area contributed by atoms with Crippen LogP contribution >= 0.6 is 0 Å². The van der Waals surface area contributed by atoms with Gasteiger partial charge in [-0.2, -0.15) is 0 Å². The number of benzene rings is 3. The lowest BCUT2D eigenvalue weighted by molar-refractivity contribution is -0.00599. The lowest BCUT2D eigenvalue weighted by Gasteiger charge is -2.57. The first-order valence-electron chi connectivity index (χ1n) is 12.5. The zero-order valence-corrected chi connectivity index (χ0v) is 19.9. The molecule has 184 valence electrons. The lowest BCUT2D eigenvalue weighted by atomic mass is 9.48. The van der Waals surface area contributed by atoms with E-state index < -0.39 is 11.9 Å². The monoisotopic (exact) mass is 484 g/mol. The first kappa shape index (κ1) is 22.7. The summed E-state index contributed by atoms with van der Waals surface area (Å²) in [7, 11) is 0. The van der Waals surface area contributed by atoms with Crippen molar-refractivity contribution in [1.82, 2.24) is 0 Å². The van der Waals surface area contributed by atoms with Gasteiger partial charge in [-0.3, -0.25) is 0 Å². The highest BCUT2D eigenvalue weighted by Gasteiger charge is 2.52. The molecule has 0 unspecified atom stereocenters. The normalized spacial score (nSPS) is 25.9. The maximum atomic E-state index is 11.3. The Balaban J connectivity index is 1.35. The van der Waals surface area contributed by atoms with Crippen molar-refractivity contribution < 1.29 is 29.3 Å². The first-order valence-corrected chi connectivity index (χ1v) is 12.5. The molecule has 0 spiro atoms. The van der Waals surface area contributed by atoms with Crippen LogP contribution in [0.3, 0.4) is 0 Å². The largest absolute Gasteiger partial charge is 0.478 e. The van der Waals surface area contributed by atoms with Crippen molar-refractivity contribution in [3.05, 3.63) is 83.4 Å². The van der Waals surface area contributed by atoms with E-state index in [1.807, 2.05) is 12.1 Å². The van der Waals surface area contributed by atoms with E-state index in [2.05, 4.69) is 6.07 Å². The third-order valence-electron chi connectivity index (χ3n) is 8.23. The van der Waals surface area contributed by atoms with Crippen LogP contribution in [0.5, 0.6) is 23.0 Å². The van der Waals surface area contributed by atoms with E-state index in [4.69, 9.17) is 14.6 Å². The van der Waals surface area contributed by atoms with E-state index in [1.54, 1.807) is 36.4 Å². The molecule has 0 aromatic heterocycles. The van der Waals surface area contributed by atoms with E-state index in [-0.39, 0.29) is 16.5 Å². The minimum Gasteiger partial charge on any atom is -0.478 e. The molecule has 2 N–H and O–H groups in total. The summed E-state index contributed by atoms with van der Waals surface area (Å²) in [4.78, 5) is 22.4. The van der Waals surface area contributed by atoms with E-state index in [0.29, 0.717) is 17.2 Å². The average Bonchev–Trinajstić information content (AvgIpc) is 2.84.